The average Bonchev–Trinajstić information content (AvgIpc) is 2.90. The third kappa shape index (κ3) is 6.04. The van der Waals surface area contributed by atoms with Gasteiger partial charge in [-0.1, -0.05) is 49.4 Å². The highest BCUT2D eigenvalue weighted by Crippen LogP contribution is 2.27. The minimum atomic E-state index is -0.109. The van der Waals surface area contributed by atoms with Crippen molar-refractivity contribution in [2.45, 2.75) is 57.0 Å². The van der Waals surface area contributed by atoms with Gasteiger partial charge >= 0.3 is 0 Å². The largest absolute Gasteiger partial charge is 0.371 e. The summed E-state index contributed by atoms with van der Waals surface area (Å²) in [4.78, 5) is 33.1. The molecule has 2 aliphatic rings. The van der Waals surface area contributed by atoms with Crippen LogP contribution in [-0.2, 0) is 4.79 Å². The molecular weight excluding hydrogens is 436 g/mol. The first-order valence-electron chi connectivity index (χ1n) is 13.1. The van der Waals surface area contributed by atoms with Crippen LogP contribution in [0, 0.1) is 0 Å². The molecule has 0 bridgehead atoms. The molecule has 188 valence electrons. The third-order valence-corrected chi connectivity index (χ3v) is 7.80. The van der Waals surface area contributed by atoms with Crippen LogP contribution in [0.1, 0.15) is 60.9 Å². The quantitative estimate of drug-likeness (QED) is 0.653. The molecule has 1 atom stereocenters. The number of hydrogen-bond acceptors (Lipinski definition) is 4. The smallest absolute Gasteiger partial charge is 0.255 e. The van der Waals surface area contributed by atoms with Gasteiger partial charge < -0.3 is 20.0 Å². The van der Waals surface area contributed by atoms with Gasteiger partial charge in [0.1, 0.15) is 0 Å². The van der Waals surface area contributed by atoms with Crippen molar-refractivity contribution in [1.29, 1.82) is 0 Å². The highest BCUT2D eigenvalue weighted by molar-refractivity contribution is 6.00. The molecule has 0 radical (unpaired) electrons. The Balaban J connectivity index is 1.36. The summed E-state index contributed by atoms with van der Waals surface area (Å²) in [6.45, 7) is 5.79. The Morgan fingerprint density at radius 3 is 2.23 bits per heavy atom. The summed E-state index contributed by atoms with van der Waals surface area (Å²) < 4.78 is 0. The third-order valence-electron chi connectivity index (χ3n) is 7.80. The fourth-order valence-electron chi connectivity index (χ4n) is 5.49. The molecule has 1 unspecified atom stereocenters. The summed E-state index contributed by atoms with van der Waals surface area (Å²) in [6.07, 6.45) is 4.59. The maximum absolute atomic E-state index is 13.5. The van der Waals surface area contributed by atoms with Crippen LogP contribution in [0.25, 0.3) is 0 Å². The van der Waals surface area contributed by atoms with Crippen LogP contribution in [0.4, 0.5) is 5.69 Å². The van der Waals surface area contributed by atoms with Gasteiger partial charge in [-0.25, -0.2) is 0 Å². The first-order chi connectivity index (χ1) is 17.0. The number of benzene rings is 2. The Hall–Kier alpha value is -2.86. The van der Waals surface area contributed by atoms with Gasteiger partial charge in [-0.3, -0.25) is 9.59 Å². The first-order valence-corrected chi connectivity index (χ1v) is 13.1. The van der Waals surface area contributed by atoms with E-state index >= 15 is 0 Å². The number of amides is 2. The van der Waals surface area contributed by atoms with Crippen LogP contribution >= 0.6 is 0 Å². The van der Waals surface area contributed by atoms with Crippen LogP contribution in [-0.4, -0.2) is 74.0 Å². The van der Waals surface area contributed by atoms with E-state index in [1.165, 1.54) is 0 Å². The topological polar surface area (TPSA) is 55.9 Å². The molecule has 0 saturated carbocycles. The van der Waals surface area contributed by atoms with Crippen LogP contribution in [0.5, 0.6) is 0 Å². The van der Waals surface area contributed by atoms with E-state index in [9.17, 15) is 9.59 Å². The second-order valence-corrected chi connectivity index (χ2v) is 10.1. The number of nitrogens with zero attached hydrogens (tertiary/aromatic N) is 3. The van der Waals surface area contributed by atoms with Crippen LogP contribution in [0.2, 0.25) is 0 Å². The Morgan fingerprint density at radius 2 is 1.57 bits per heavy atom. The van der Waals surface area contributed by atoms with Gasteiger partial charge in [0, 0.05) is 37.9 Å². The van der Waals surface area contributed by atoms with Gasteiger partial charge in [0.2, 0.25) is 5.91 Å². The molecule has 2 aromatic carbocycles. The number of carbonyl (C=O) groups excluding carboxylic acids is 2. The summed E-state index contributed by atoms with van der Waals surface area (Å²) in [7, 11) is 4.09. The molecule has 6 nitrogen and oxygen atoms in total. The van der Waals surface area contributed by atoms with E-state index < -0.39 is 0 Å². The highest BCUT2D eigenvalue weighted by Gasteiger charge is 2.29. The zero-order chi connectivity index (χ0) is 24.8. The molecule has 0 aliphatic carbocycles. The van der Waals surface area contributed by atoms with E-state index in [4.69, 9.17) is 0 Å². The molecule has 0 aromatic heterocycles. The summed E-state index contributed by atoms with van der Waals surface area (Å²) in [5.41, 5.74) is 2.87. The first kappa shape index (κ1) is 25.2. The van der Waals surface area contributed by atoms with Gasteiger partial charge in [-0.05, 0) is 69.9 Å². The molecule has 35 heavy (non-hydrogen) atoms. The minimum absolute atomic E-state index is 0.109. The van der Waals surface area contributed by atoms with E-state index in [0.717, 1.165) is 75.1 Å². The van der Waals surface area contributed by atoms with Crippen molar-refractivity contribution in [3.05, 3.63) is 65.7 Å². The molecular formula is C29H40N4O2. The van der Waals surface area contributed by atoms with Gasteiger partial charge in [0.25, 0.3) is 5.91 Å². The monoisotopic (exact) mass is 476 g/mol. The molecule has 1 N–H and O–H groups in total. The molecule has 4 rings (SSSR count). The Labute approximate surface area is 210 Å². The number of rotatable bonds is 7. The second-order valence-electron chi connectivity index (χ2n) is 10.1. The van der Waals surface area contributed by atoms with Crippen LogP contribution in [0.3, 0.4) is 0 Å². The highest BCUT2D eigenvalue weighted by atomic mass is 16.2. The lowest BCUT2D eigenvalue weighted by atomic mass is 9.94. The zero-order valence-electron chi connectivity index (χ0n) is 21.5. The number of likely N-dealkylation sites (tertiary alicyclic amines) is 1. The number of anilines is 1. The van der Waals surface area contributed by atoms with Crippen LogP contribution in [0.15, 0.2) is 54.6 Å². The van der Waals surface area contributed by atoms with Crippen molar-refractivity contribution in [3.63, 3.8) is 0 Å². The van der Waals surface area contributed by atoms with Crippen LogP contribution < -0.4 is 10.2 Å². The lowest BCUT2D eigenvalue weighted by Crippen LogP contribution is -2.47. The SMILES string of the molecule is CCC(C(=O)NC1CCN(c2ccccc2C(=O)N(C)C2CCN(C)CC2)CC1)c1ccccc1. The number of para-hydroxylation sites is 1. The lowest BCUT2D eigenvalue weighted by Gasteiger charge is -2.37. The predicted molar refractivity (Wildman–Crippen MR) is 142 cm³/mol. The average molecular weight is 477 g/mol. The lowest BCUT2D eigenvalue weighted by molar-refractivity contribution is -0.123. The van der Waals surface area contributed by atoms with E-state index in [0.29, 0.717) is 6.04 Å². The molecule has 6 heteroatoms. The van der Waals surface area contributed by atoms with Gasteiger partial charge in [0.05, 0.1) is 11.5 Å². The van der Waals surface area contributed by atoms with E-state index in [1.807, 2.05) is 60.5 Å². The fraction of sp³-hybridized carbons (Fsp3) is 0.517. The number of piperidine rings is 2. The van der Waals surface area contributed by atoms with Crippen molar-refractivity contribution in [1.82, 2.24) is 15.1 Å². The summed E-state index contributed by atoms with van der Waals surface area (Å²) in [5, 5.41) is 3.30. The molecule has 2 fully saturated rings. The Bertz CT molecular complexity index is 979. The summed E-state index contributed by atoms with van der Waals surface area (Å²) in [6, 6.07) is 18.5. The number of hydrogen-bond donors (Lipinski definition) is 1. The fourth-order valence-corrected chi connectivity index (χ4v) is 5.49. The van der Waals surface area contributed by atoms with Crippen molar-refractivity contribution >= 4 is 17.5 Å². The normalized spacial score (nSPS) is 18.8. The van der Waals surface area contributed by atoms with Gasteiger partial charge in [-0.2, -0.15) is 0 Å². The maximum Gasteiger partial charge on any atom is 0.255 e. The molecule has 2 aliphatic heterocycles. The summed E-state index contributed by atoms with van der Waals surface area (Å²) >= 11 is 0. The minimum Gasteiger partial charge on any atom is -0.371 e. The molecule has 2 amide bonds. The van der Waals surface area contributed by atoms with Crippen molar-refractivity contribution in [2.24, 2.45) is 0 Å². The van der Waals surface area contributed by atoms with Crippen molar-refractivity contribution < 1.29 is 9.59 Å². The predicted octanol–water partition coefficient (Wildman–Crippen LogP) is 4.13. The maximum atomic E-state index is 13.5. The van der Waals surface area contributed by atoms with Crippen molar-refractivity contribution in [3.8, 4) is 0 Å². The van der Waals surface area contributed by atoms with E-state index in [-0.39, 0.29) is 23.8 Å². The summed E-state index contributed by atoms with van der Waals surface area (Å²) in [5.74, 6) is 0.120. The molecule has 2 aromatic rings. The van der Waals surface area contributed by atoms with Crippen molar-refractivity contribution in [2.75, 3.05) is 45.2 Å². The number of nitrogens with one attached hydrogen (secondary N) is 1. The van der Waals surface area contributed by atoms with E-state index in [1.54, 1.807) is 0 Å². The second kappa shape index (κ2) is 11.7. The standard InChI is InChI=1S/C29H40N4O2/c1-4-25(22-10-6-5-7-11-22)28(34)30-23-14-20-33(21-15-23)27-13-9-8-12-26(27)29(35)32(3)24-16-18-31(2)19-17-24/h5-13,23-25H,4,14-21H2,1-3H3,(H,30,34). The van der Waals surface area contributed by atoms with Gasteiger partial charge in [0.15, 0.2) is 0 Å². The molecule has 2 heterocycles. The van der Waals surface area contributed by atoms with Gasteiger partial charge in [-0.15, -0.1) is 0 Å². The molecule has 0 spiro atoms. The van der Waals surface area contributed by atoms with E-state index in [2.05, 4.69) is 35.2 Å². The zero-order valence-corrected chi connectivity index (χ0v) is 21.5. The Morgan fingerprint density at radius 1 is 0.943 bits per heavy atom. The molecule has 2 saturated heterocycles. The number of carbonyl (C=O) groups is 2. The Kier molecular flexibility index (Phi) is 8.45.